The zero-order valence-corrected chi connectivity index (χ0v) is 10.7. The Balaban J connectivity index is 2.21. The zero-order valence-electron chi connectivity index (χ0n) is 10.7. The van der Waals surface area contributed by atoms with Crippen molar-refractivity contribution >= 4 is 17.6 Å². The molecule has 2 heterocycles. The molecule has 0 aliphatic carbocycles. The average molecular weight is 258 g/mol. The molecule has 0 fully saturated rings. The number of hydrogen-bond acceptors (Lipinski definition) is 3. The molecule has 0 spiro atoms. The SMILES string of the molecule is Cc1cc(C(=O)Nc2cccc(C(N)=O)n2)c(C)[nH]1. The van der Waals surface area contributed by atoms with E-state index in [4.69, 9.17) is 5.73 Å². The largest absolute Gasteiger partial charge is 0.364 e. The van der Waals surface area contributed by atoms with Crippen LogP contribution in [0.15, 0.2) is 24.3 Å². The molecule has 0 aliphatic rings. The maximum atomic E-state index is 12.0. The quantitative estimate of drug-likeness (QED) is 0.775. The van der Waals surface area contributed by atoms with E-state index in [-0.39, 0.29) is 11.6 Å². The van der Waals surface area contributed by atoms with Gasteiger partial charge < -0.3 is 16.0 Å². The molecular weight excluding hydrogens is 244 g/mol. The van der Waals surface area contributed by atoms with Crippen LogP contribution in [0.25, 0.3) is 0 Å². The summed E-state index contributed by atoms with van der Waals surface area (Å²) in [6, 6.07) is 6.45. The number of nitrogens with two attached hydrogens (primary N) is 1. The van der Waals surface area contributed by atoms with Gasteiger partial charge in [0.1, 0.15) is 11.5 Å². The standard InChI is InChI=1S/C13H14N4O2/c1-7-6-9(8(2)15-7)13(19)17-11-5-3-4-10(16-11)12(14)18/h3-6,15H,1-2H3,(H2,14,18)(H,16,17,19). The van der Waals surface area contributed by atoms with Gasteiger partial charge in [-0.25, -0.2) is 4.98 Å². The van der Waals surface area contributed by atoms with Crippen molar-refractivity contribution in [2.45, 2.75) is 13.8 Å². The second-order valence-corrected chi connectivity index (χ2v) is 4.22. The molecule has 0 aromatic carbocycles. The first kappa shape index (κ1) is 12.8. The number of hydrogen-bond donors (Lipinski definition) is 3. The molecule has 0 aliphatic heterocycles. The van der Waals surface area contributed by atoms with E-state index < -0.39 is 5.91 Å². The predicted octanol–water partition coefficient (Wildman–Crippen LogP) is 1.38. The molecule has 2 aromatic heterocycles. The van der Waals surface area contributed by atoms with Crippen molar-refractivity contribution in [3.8, 4) is 0 Å². The Morgan fingerprint density at radius 1 is 1.32 bits per heavy atom. The second-order valence-electron chi connectivity index (χ2n) is 4.22. The fourth-order valence-corrected chi connectivity index (χ4v) is 1.78. The van der Waals surface area contributed by atoms with E-state index in [0.717, 1.165) is 11.4 Å². The Morgan fingerprint density at radius 2 is 2.05 bits per heavy atom. The van der Waals surface area contributed by atoms with E-state index in [1.807, 2.05) is 13.8 Å². The third kappa shape index (κ3) is 2.79. The molecule has 0 bridgehead atoms. The fourth-order valence-electron chi connectivity index (χ4n) is 1.78. The minimum absolute atomic E-state index is 0.111. The normalized spacial score (nSPS) is 10.2. The summed E-state index contributed by atoms with van der Waals surface area (Å²) in [5, 5.41) is 2.63. The fraction of sp³-hybridized carbons (Fsp3) is 0.154. The van der Waals surface area contributed by atoms with Gasteiger partial charge >= 0.3 is 0 Å². The number of nitrogens with one attached hydrogen (secondary N) is 2. The summed E-state index contributed by atoms with van der Waals surface area (Å²) < 4.78 is 0. The number of nitrogens with zero attached hydrogens (tertiary/aromatic N) is 1. The molecule has 2 aromatic rings. The van der Waals surface area contributed by atoms with Crippen molar-refractivity contribution in [3.05, 3.63) is 46.9 Å². The molecule has 0 unspecified atom stereocenters. The van der Waals surface area contributed by atoms with Crippen molar-refractivity contribution in [3.63, 3.8) is 0 Å². The molecule has 0 atom stereocenters. The van der Waals surface area contributed by atoms with Gasteiger partial charge in [-0.05, 0) is 32.0 Å². The van der Waals surface area contributed by atoms with E-state index >= 15 is 0 Å². The van der Waals surface area contributed by atoms with Crippen LogP contribution in [0.5, 0.6) is 0 Å². The van der Waals surface area contributed by atoms with E-state index in [1.54, 1.807) is 18.2 Å². The number of aryl methyl sites for hydroxylation is 2. The lowest BCUT2D eigenvalue weighted by Crippen LogP contribution is -2.17. The highest BCUT2D eigenvalue weighted by Crippen LogP contribution is 2.12. The summed E-state index contributed by atoms with van der Waals surface area (Å²) in [5.74, 6) is -0.625. The number of H-pyrrole nitrogens is 1. The van der Waals surface area contributed by atoms with Crippen LogP contribution in [0.4, 0.5) is 5.82 Å². The van der Waals surface area contributed by atoms with Gasteiger partial charge in [-0.15, -0.1) is 0 Å². The summed E-state index contributed by atoms with van der Waals surface area (Å²) in [5.41, 5.74) is 7.47. The topological polar surface area (TPSA) is 101 Å². The first-order chi connectivity index (χ1) is 8.97. The number of rotatable bonds is 3. The van der Waals surface area contributed by atoms with E-state index in [2.05, 4.69) is 15.3 Å². The molecule has 2 amide bonds. The summed E-state index contributed by atoms with van der Waals surface area (Å²) >= 11 is 0. The highest BCUT2D eigenvalue weighted by molar-refractivity contribution is 6.05. The summed E-state index contributed by atoms with van der Waals surface area (Å²) in [6.07, 6.45) is 0. The zero-order chi connectivity index (χ0) is 14.0. The highest BCUT2D eigenvalue weighted by atomic mass is 16.2. The lowest BCUT2D eigenvalue weighted by molar-refractivity contribution is 0.0991. The van der Waals surface area contributed by atoms with Crippen LogP contribution in [0.3, 0.4) is 0 Å². The molecule has 6 nitrogen and oxygen atoms in total. The lowest BCUT2D eigenvalue weighted by Gasteiger charge is -2.04. The molecule has 6 heteroatoms. The first-order valence-electron chi connectivity index (χ1n) is 5.72. The Labute approximate surface area is 110 Å². The molecule has 0 radical (unpaired) electrons. The molecule has 0 saturated heterocycles. The van der Waals surface area contributed by atoms with E-state index in [1.165, 1.54) is 6.07 Å². The van der Waals surface area contributed by atoms with Crippen LogP contribution in [-0.4, -0.2) is 21.8 Å². The smallest absolute Gasteiger partial charge is 0.267 e. The van der Waals surface area contributed by atoms with Crippen LogP contribution in [0, 0.1) is 13.8 Å². The van der Waals surface area contributed by atoms with Crippen molar-refractivity contribution < 1.29 is 9.59 Å². The number of aromatic amines is 1. The predicted molar refractivity (Wildman–Crippen MR) is 71.0 cm³/mol. The van der Waals surface area contributed by atoms with Crippen LogP contribution in [0.1, 0.15) is 32.2 Å². The molecule has 4 N–H and O–H groups in total. The monoisotopic (exact) mass is 258 g/mol. The van der Waals surface area contributed by atoms with Crippen molar-refractivity contribution in [2.75, 3.05) is 5.32 Å². The minimum atomic E-state index is -0.634. The summed E-state index contributed by atoms with van der Waals surface area (Å²) in [4.78, 5) is 30.1. The Morgan fingerprint density at radius 3 is 2.63 bits per heavy atom. The van der Waals surface area contributed by atoms with Gasteiger partial charge in [0, 0.05) is 11.4 Å². The number of aromatic nitrogens is 2. The maximum absolute atomic E-state index is 12.0. The van der Waals surface area contributed by atoms with Crippen LogP contribution in [0.2, 0.25) is 0 Å². The molecule has 19 heavy (non-hydrogen) atoms. The van der Waals surface area contributed by atoms with Crippen molar-refractivity contribution in [1.82, 2.24) is 9.97 Å². The lowest BCUT2D eigenvalue weighted by atomic mass is 10.2. The summed E-state index contributed by atoms with van der Waals surface area (Å²) in [6.45, 7) is 3.69. The Bertz CT molecular complexity index is 646. The second kappa shape index (κ2) is 4.93. The van der Waals surface area contributed by atoms with Gasteiger partial charge in [0.2, 0.25) is 0 Å². The van der Waals surface area contributed by atoms with E-state index in [9.17, 15) is 9.59 Å². The highest BCUT2D eigenvalue weighted by Gasteiger charge is 2.12. The van der Waals surface area contributed by atoms with Crippen LogP contribution >= 0.6 is 0 Å². The Kier molecular flexibility index (Phi) is 3.33. The molecule has 2 rings (SSSR count). The molecule has 98 valence electrons. The number of carbonyl (C=O) groups excluding carboxylic acids is 2. The Hall–Kier alpha value is -2.63. The van der Waals surface area contributed by atoms with Gasteiger partial charge in [-0.1, -0.05) is 6.07 Å². The van der Waals surface area contributed by atoms with E-state index in [0.29, 0.717) is 11.4 Å². The average Bonchev–Trinajstić information content (AvgIpc) is 2.69. The number of pyridine rings is 1. The number of primary amides is 1. The van der Waals surface area contributed by atoms with Gasteiger partial charge in [-0.3, -0.25) is 9.59 Å². The first-order valence-corrected chi connectivity index (χ1v) is 5.72. The number of amides is 2. The third-order valence-electron chi connectivity index (χ3n) is 2.64. The van der Waals surface area contributed by atoms with Gasteiger partial charge in [-0.2, -0.15) is 0 Å². The van der Waals surface area contributed by atoms with Crippen molar-refractivity contribution in [1.29, 1.82) is 0 Å². The molecule has 0 saturated carbocycles. The van der Waals surface area contributed by atoms with Gasteiger partial charge in [0.05, 0.1) is 5.56 Å². The molecular formula is C13H14N4O2. The number of anilines is 1. The van der Waals surface area contributed by atoms with Crippen molar-refractivity contribution in [2.24, 2.45) is 5.73 Å². The summed E-state index contributed by atoms with van der Waals surface area (Å²) in [7, 11) is 0. The third-order valence-corrected chi connectivity index (χ3v) is 2.64. The van der Waals surface area contributed by atoms with Crippen LogP contribution < -0.4 is 11.1 Å². The number of carbonyl (C=O) groups is 2. The maximum Gasteiger partial charge on any atom is 0.267 e. The van der Waals surface area contributed by atoms with Crippen LogP contribution in [-0.2, 0) is 0 Å². The minimum Gasteiger partial charge on any atom is -0.364 e. The van der Waals surface area contributed by atoms with Gasteiger partial charge in [0.15, 0.2) is 0 Å². The van der Waals surface area contributed by atoms with Gasteiger partial charge in [0.25, 0.3) is 11.8 Å².